The Balaban J connectivity index is 0.00000210. The van der Waals surface area contributed by atoms with Gasteiger partial charge in [0.15, 0.2) is 5.82 Å². The van der Waals surface area contributed by atoms with Crippen molar-refractivity contribution in [1.82, 2.24) is 25.0 Å². The van der Waals surface area contributed by atoms with Crippen LogP contribution >= 0.6 is 12.4 Å². The van der Waals surface area contributed by atoms with Crippen LogP contribution in [0.4, 0.5) is 0 Å². The predicted molar refractivity (Wildman–Crippen MR) is 107 cm³/mol. The number of benzene rings is 2. The zero-order valence-corrected chi connectivity index (χ0v) is 15.9. The Morgan fingerprint density at radius 3 is 2.41 bits per heavy atom. The number of piperazine rings is 1. The number of hydrogen-bond donors (Lipinski definition) is 1. The van der Waals surface area contributed by atoms with Crippen molar-refractivity contribution < 1.29 is 4.79 Å². The fraction of sp³-hybridized carbons (Fsp3) is 0.250. The first kappa shape index (κ1) is 19.1. The van der Waals surface area contributed by atoms with Crippen LogP contribution in [-0.4, -0.2) is 51.2 Å². The summed E-state index contributed by atoms with van der Waals surface area (Å²) in [5.41, 5.74) is 1.81. The number of para-hydroxylation sites is 1. The lowest BCUT2D eigenvalue weighted by molar-refractivity contribution is 0.0697. The second-order valence-electron chi connectivity index (χ2n) is 6.48. The van der Waals surface area contributed by atoms with Crippen LogP contribution in [0.3, 0.4) is 0 Å². The molecule has 1 atom stereocenters. The van der Waals surface area contributed by atoms with E-state index in [0.717, 1.165) is 17.8 Å². The van der Waals surface area contributed by atoms with Crippen LogP contribution in [0.5, 0.6) is 0 Å². The van der Waals surface area contributed by atoms with Gasteiger partial charge in [0, 0.05) is 31.2 Å². The largest absolute Gasteiger partial charge is 0.333 e. The number of hydrogen-bond acceptors (Lipinski definition) is 4. The van der Waals surface area contributed by atoms with E-state index < -0.39 is 0 Å². The van der Waals surface area contributed by atoms with E-state index in [-0.39, 0.29) is 30.2 Å². The van der Waals surface area contributed by atoms with E-state index in [1.165, 1.54) is 0 Å². The van der Waals surface area contributed by atoms with Crippen LogP contribution in [0.1, 0.15) is 17.5 Å². The zero-order chi connectivity index (χ0) is 17.9. The molecule has 1 aliphatic heterocycles. The first-order chi connectivity index (χ1) is 12.7. The van der Waals surface area contributed by atoms with E-state index in [9.17, 15) is 4.79 Å². The molecule has 2 aromatic carbocycles. The minimum absolute atomic E-state index is 0. The Kier molecular flexibility index (Phi) is 5.88. The zero-order valence-electron chi connectivity index (χ0n) is 15.1. The lowest BCUT2D eigenvalue weighted by atomic mass is 10.2. The fourth-order valence-corrected chi connectivity index (χ4v) is 3.18. The van der Waals surface area contributed by atoms with E-state index >= 15 is 0 Å². The molecule has 27 heavy (non-hydrogen) atoms. The summed E-state index contributed by atoms with van der Waals surface area (Å²) in [6.45, 7) is 4.20. The van der Waals surface area contributed by atoms with Gasteiger partial charge in [-0.2, -0.15) is 0 Å². The van der Waals surface area contributed by atoms with Gasteiger partial charge >= 0.3 is 0 Å². The SMILES string of the molecule is CC1CN(C(=O)c2nc(-c3ccccc3)n(-c3ccccc3)n2)CCN1.Cl. The van der Waals surface area contributed by atoms with Crippen LogP contribution in [-0.2, 0) is 0 Å². The van der Waals surface area contributed by atoms with Gasteiger partial charge in [-0.25, -0.2) is 9.67 Å². The van der Waals surface area contributed by atoms with Crippen molar-refractivity contribution in [3.8, 4) is 17.1 Å². The molecule has 1 fully saturated rings. The van der Waals surface area contributed by atoms with Gasteiger partial charge < -0.3 is 10.2 Å². The average Bonchev–Trinajstić information content (AvgIpc) is 3.14. The summed E-state index contributed by atoms with van der Waals surface area (Å²) in [6, 6.07) is 19.9. The predicted octanol–water partition coefficient (Wildman–Crippen LogP) is 2.79. The summed E-state index contributed by atoms with van der Waals surface area (Å²) >= 11 is 0. The number of nitrogens with one attached hydrogen (secondary N) is 1. The van der Waals surface area contributed by atoms with Gasteiger partial charge in [-0.15, -0.1) is 17.5 Å². The lowest BCUT2D eigenvalue weighted by Crippen LogP contribution is -2.51. The van der Waals surface area contributed by atoms with Crippen molar-refractivity contribution in [2.45, 2.75) is 13.0 Å². The number of amides is 1. The Hall–Kier alpha value is -2.70. The molecule has 0 aliphatic carbocycles. The minimum atomic E-state index is -0.120. The molecular formula is C20H22ClN5O. The Labute approximate surface area is 164 Å². The van der Waals surface area contributed by atoms with Gasteiger partial charge in [0.25, 0.3) is 5.91 Å². The summed E-state index contributed by atoms with van der Waals surface area (Å²) in [7, 11) is 0. The van der Waals surface area contributed by atoms with Gasteiger partial charge in [0.2, 0.25) is 5.82 Å². The molecule has 3 aromatic rings. The molecule has 1 saturated heterocycles. The third-order valence-electron chi connectivity index (χ3n) is 4.49. The highest BCUT2D eigenvalue weighted by atomic mass is 35.5. The molecule has 7 heteroatoms. The van der Waals surface area contributed by atoms with Crippen LogP contribution in [0.2, 0.25) is 0 Å². The summed E-state index contributed by atoms with van der Waals surface area (Å²) in [5, 5.41) is 7.90. The molecule has 0 bridgehead atoms. The third-order valence-corrected chi connectivity index (χ3v) is 4.49. The molecule has 140 valence electrons. The number of carbonyl (C=O) groups excluding carboxylic acids is 1. The average molecular weight is 384 g/mol. The van der Waals surface area contributed by atoms with Crippen molar-refractivity contribution in [2.24, 2.45) is 0 Å². The van der Waals surface area contributed by atoms with Gasteiger partial charge in [0.1, 0.15) is 0 Å². The monoisotopic (exact) mass is 383 g/mol. The van der Waals surface area contributed by atoms with Gasteiger partial charge in [-0.1, -0.05) is 48.5 Å². The molecule has 0 radical (unpaired) electrons. The minimum Gasteiger partial charge on any atom is -0.333 e. The van der Waals surface area contributed by atoms with Crippen molar-refractivity contribution >= 4 is 18.3 Å². The second kappa shape index (κ2) is 8.33. The molecule has 1 unspecified atom stereocenters. The lowest BCUT2D eigenvalue weighted by Gasteiger charge is -2.30. The van der Waals surface area contributed by atoms with Crippen LogP contribution in [0, 0.1) is 0 Å². The van der Waals surface area contributed by atoms with Gasteiger partial charge in [-0.05, 0) is 19.1 Å². The number of halogens is 1. The van der Waals surface area contributed by atoms with Crippen molar-refractivity contribution in [3.05, 3.63) is 66.5 Å². The van der Waals surface area contributed by atoms with Crippen molar-refractivity contribution in [3.63, 3.8) is 0 Å². The van der Waals surface area contributed by atoms with E-state index in [1.807, 2.05) is 65.6 Å². The molecule has 6 nitrogen and oxygen atoms in total. The van der Waals surface area contributed by atoms with Crippen LogP contribution < -0.4 is 5.32 Å². The maximum absolute atomic E-state index is 12.9. The summed E-state index contributed by atoms with van der Waals surface area (Å²) < 4.78 is 1.74. The number of aromatic nitrogens is 3. The summed E-state index contributed by atoms with van der Waals surface area (Å²) in [4.78, 5) is 19.4. The summed E-state index contributed by atoms with van der Waals surface area (Å²) in [5.74, 6) is 0.787. The highest BCUT2D eigenvalue weighted by Gasteiger charge is 2.26. The smallest absolute Gasteiger partial charge is 0.293 e. The third kappa shape index (κ3) is 4.02. The molecule has 1 aliphatic rings. The molecule has 4 rings (SSSR count). The number of carbonyl (C=O) groups is 1. The van der Waals surface area contributed by atoms with Crippen molar-refractivity contribution in [2.75, 3.05) is 19.6 Å². The maximum atomic E-state index is 12.9. The molecule has 0 saturated carbocycles. The van der Waals surface area contributed by atoms with E-state index in [4.69, 9.17) is 0 Å². The topological polar surface area (TPSA) is 63.1 Å². The molecular weight excluding hydrogens is 362 g/mol. The second-order valence-corrected chi connectivity index (χ2v) is 6.48. The van der Waals surface area contributed by atoms with Gasteiger partial charge in [-0.3, -0.25) is 4.79 Å². The Bertz CT molecular complexity index is 840. The van der Waals surface area contributed by atoms with E-state index in [2.05, 4.69) is 22.3 Å². The molecule has 1 N–H and O–H groups in total. The van der Waals surface area contributed by atoms with Gasteiger partial charge in [0.05, 0.1) is 5.69 Å². The number of rotatable bonds is 3. The molecule has 2 heterocycles. The van der Waals surface area contributed by atoms with Crippen LogP contribution in [0.25, 0.3) is 17.1 Å². The van der Waals surface area contributed by atoms with Crippen molar-refractivity contribution in [1.29, 1.82) is 0 Å². The fourth-order valence-electron chi connectivity index (χ4n) is 3.18. The first-order valence-corrected chi connectivity index (χ1v) is 8.83. The normalized spacial score (nSPS) is 16.6. The van der Waals surface area contributed by atoms with E-state index in [1.54, 1.807) is 4.68 Å². The maximum Gasteiger partial charge on any atom is 0.293 e. The Morgan fingerprint density at radius 2 is 1.74 bits per heavy atom. The van der Waals surface area contributed by atoms with Crippen LogP contribution in [0.15, 0.2) is 60.7 Å². The number of nitrogens with zero attached hydrogens (tertiary/aromatic N) is 4. The first-order valence-electron chi connectivity index (χ1n) is 8.83. The highest BCUT2D eigenvalue weighted by Crippen LogP contribution is 2.21. The quantitative estimate of drug-likeness (QED) is 0.755. The highest BCUT2D eigenvalue weighted by molar-refractivity contribution is 5.91. The molecule has 1 amide bonds. The molecule has 1 aromatic heterocycles. The Morgan fingerprint density at radius 1 is 1.07 bits per heavy atom. The van der Waals surface area contributed by atoms with E-state index in [0.29, 0.717) is 18.9 Å². The standard InChI is InChI=1S/C20H21N5O.ClH/c1-15-14-24(13-12-21-15)20(26)18-22-19(16-8-4-2-5-9-16)25(23-18)17-10-6-3-7-11-17;/h2-11,15,21H,12-14H2,1H3;1H. The summed E-state index contributed by atoms with van der Waals surface area (Å²) in [6.07, 6.45) is 0. The molecule has 0 spiro atoms.